The standard InChI is InChI=1S/C46H90NO9P/c1-4-7-10-12-14-16-18-20-22-24-26-28-30-32-34-37-45(49)53-41-43(42-55-57(51,52)54-40-39-47-44(48)36-9-6-3)56-46(50)38-35-33-31-29-27-25-23-21-19-17-15-13-11-8-5-2/h43H,4-42H2,1-3H3,(H,47,48)(H,51,52)/p-1. The summed E-state index contributed by atoms with van der Waals surface area (Å²) >= 11 is 0. The lowest BCUT2D eigenvalue weighted by atomic mass is 10.0. The van der Waals surface area contributed by atoms with Gasteiger partial charge in [0.25, 0.3) is 7.82 Å². The number of phosphoric acid groups is 1. The van der Waals surface area contributed by atoms with Crippen LogP contribution in [0.15, 0.2) is 0 Å². The van der Waals surface area contributed by atoms with Gasteiger partial charge in [0.1, 0.15) is 6.61 Å². The van der Waals surface area contributed by atoms with Crippen molar-refractivity contribution in [3.8, 4) is 0 Å². The molecule has 0 spiro atoms. The number of hydrogen-bond donors (Lipinski definition) is 1. The predicted molar refractivity (Wildman–Crippen MR) is 232 cm³/mol. The molecule has 2 atom stereocenters. The van der Waals surface area contributed by atoms with Crippen molar-refractivity contribution in [1.82, 2.24) is 5.32 Å². The Morgan fingerprint density at radius 3 is 1.25 bits per heavy atom. The second-order valence-corrected chi connectivity index (χ2v) is 17.6. The summed E-state index contributed by atoms with van der Waals surface area (Å²) in [5.41, 5.74) is 0. The number of nitrogens with one attached hydrogen (secondary N) is 1. The molecule has 0 radical (unpaired) electrons. The smallest absolute Gasteiger partial charge is 0.306 e. The van der Waals surface area contributed by atoms with Crippen LogP contribution >= 0.6 is 7.82 Å². The first-order chi connectivity index (χ1) is 27.7. The normalized spacial score (nSPS) is 13.0. The lowest BCUT2D eigenvalue weighted by molar-refractivity contribution is -0.228. The van der Waals surface area contributed by atoms with E-state index in [1.54, 1.807) is 0 Å². The predicted octanol–water partition coefficient (Wildman–Crippen LogP) is 12.8. The first-order valence-corrected chi connectivity index (χ1v) is 25.4. The van der Waals surface area contributed by atoms with Crippen molar-refractivity contribution in [3.05, 3.63) is 0 Å². The van der Waals surface area contributed by atoms with E-state index >= 15 is 0 Å². The first-order valence-electron chi connectivity index (χ1n) is 24.0. The Kier molecular flexibility index (Phi) is 41.5. The lowest BCUT2D eigenvalue weighted by Crippen LogP contribution is -2.31. The van der Waals surface area contributed by atoms with Crippen LogP contribution < -0.4 is 10.2 Å². The third-order valence-corrected chi connectivity index (χ3v) is 11.5. The molecule has 2 unspecified atom stereocenters. The van der Waals surface area contributed by atoms with Crippen LogP contribution in [0.2, 0.25) is 0 Å². The van der Waals surface area contributed by atoms with E-state index in [1.165, 1.54) is 148 Å². The van der Waals surface area contributed by atoms with Crippen molar-refractivity contribution in [2.45, 2.75) is 252 Å². The van der Waals surface area contributed by atoms with E-state index in [2.05, 4.69) is 19.2 Å². The van der Waals surface area contributed by atoms with Crippen molar-refractivity contribution in [1.29, 1.82) is 0 Å². The maximum absolute atomic E-state index is 12.7. The first kappa shape index (κ1) is 55.5. The zero-order valence-electron chi connectivity index (χ0n) is 37.3. The van der Waals surface area contributed by atoms with Gasteiger partial charge in [-0.05, 0) is 19.3 Å². The Morgan fingerprint density at radius 2 is 0.842 bits per heavy atom. The van der Waals surface area contributed by atoms with Crippen molar-refractivity contribution in [2.24, 2.45) is 0 Å². The highest BCUT2D eigenvalue weighted by Gasteiger charge is 2.21. The fourth-order valence-corrected chi connectivity index (χ4v) is 7.62. The topological polar surface area (TPSA) is 140 Å². The Bertz CT molecular complexity index is 966. The van der Waals surface area contributed by atoms with Gasteiger partial charge in [-0.1, -0.05) is 207 Å². The molecule has 1 amide bonds. The minimum atomic E-state index is -4.75. The van der Waals surface area contributed by atoms with Gasteiger partial charge in [0, 0.05) is 25.8 Å². The summed E-state index contributed by atoms with van der Waals surface area (Å²) in [6, 6.07) is 0. The Balaban J connectivity index is 4.40. The quantitative estimate of drug-likeness (QED) is 0.0361. The summed E-state index contributed by atoms with van der Waals surface area (Å²) in [4.78, 5) is 49.4. The van der Waals surface area contributed by atoms with E-state index < -0.39 is 32.5 Å². The molecule has 57 heavy (non-hydrogen) atoms. The van der Waals surface area contributed by atoms with E-state index in [0.717, 1.165) is 51.4 Å². The number of carbonyl (C=O) groups is 3. The van der Waals surface area contributed by atoms with Crippen LogP contribution in [-0.2, 0) is 37.5 Å². The summed E-state index contributed by atoms with van der Waals surface area (Å²) in [6.07, 6.45) is 38.3. The number of unbranched alkanes of at least 4 members (excludes halogenated alkanes) is 29. The molecular weight excluding hydrogens is 741 g/mol. The molecule has 0 saturated heterocycles. The third kappa shape index (κ3) is 42.5. The SMILES string of the molecule is CCCCCCCCCCCCCCCCCC(=O)OCC(COP(=O)([O-])OCCNC(=O)CCCC)OC(=O)CCCCCCCCCCCCCCCCC. The fraction of sp³-hybridized carbons (Fsp3) is 0.935. The Morgan fingerprint density at radius 1 is 0.474 bits per heavy atom. The molecule has 10 nitrogen and oxygen atoms in total. The van der Waals surface area contributed by atoms with Crippen molar-refractivity contribution in [2.75, 3.05) is 26.4 Å². The van der Waals surface area contributed by atoms with Crippen LogP contribution in [-0.4, -0.2) is 50.3 Å². The molecule has 0 heterocycles. The maximum atomic E-state index is 12.7. The number of esters is 2. The van der Waals surface area contributed by atoms with Gasteiger partial charge in [-0.2, -0.15) is 0 Å². The molecule has 0 aromatic carbocycles. The molecule has 0 fully saturated rings. The highest BCUT2D eigenvalue weighted by atomic mass is 31.2. The number of amides is 1. The summed E-state index contributed by atoms with van der Waals surface area (Å²) < 4.78 is 33.2. The van der Waals surface area contributed by atoms with Gasteiger partial charge >= 0.3 is 11.9 Å². The van der Waals surface area contributed by atoms with Gasteiger partial charge in [0.05, 0.1) is 13.2 Å². The van der Waals surface area contributed by atoms with Crippen LogP contribution in [0.5, 0.6) is 0 Å². The van der Waals surface area contributed by atoms with Crippen molar-refractivity contribution < 1.29 is 42.4 Å². The zero-order chi connectivity index (χ0) is 41.9. The molecular formula is C46H89NO9P-. The average Bonchev–Trinajstić information content (AvgIpc) is 3.19. The van der Waals surface area contributed by atoms with E-state index in [0.29, 0.717) is 12.8 Å². The average molecular weight is 831 g/mol. The second kappa shape index (κ2) is 42.6. The van der Waals surface area contributed by atoms with E-state index in [1.807, 2.05) is 6.92 Å². The molecule has 0 aliphatic rings. The highest BCUT2D eigenvalue weighted by molar-refractivity contribution is 7.45. The van der Waals surface area contributed by atoms with Crippen LogP contribution in [0.4, 0.5) is 0 Å². The Hall–Kier alpha value is -1.48. The summed E-state index contributed by atoms with van der Waals surface area (Å²) in [5.74, 6) is -1.06. The molecule has 1 N–H and O–H groups in total. The largest absolute Gasteiger partial charge is 0.756 e. The molecule has 0 aromatic heterocycles. The van der Waals surface area contributed by atoms with Crippen molar-refractivity contribution >= 4 is 25.7 Å². The summed E-state index contributed by atoms with van der Waals surface area (Å²) in [6.45, 7) is 5.41. The van der Waals surface area contributed by atoms with Crippen molar-refractivity contribution in [3.63, 3.8) is 0 Å². The maximum Gasteiger partial charge on any atom is 0.306 e. The molecule has 0 rings (SSSR count). The minimum Gasteiger partial charge on any atom is -0.756 e. The minimum absolute atomic E-state index is 0.0206. The number of carbonyl (C=O) groups excluding carboxylic acids is 3. The number of ether oxygens (including phenoxy) is 2. The second-order valence-electron chi connectivity index (χ2n) is 16.2. The van der Waals surface area contributed by atoms with Gasteiger partial charge in [-0.25, -0.2) is 0 Å². The Labute approximate surface area is 350 Å². The fourth-order valence-electron chi connectivity index (χ4n) is 6.89. The van der Waals surface area contributed by atoms with Crippen LogP contribution in [0, 0.1) is 0 Å². The molecule has 0 aliphatic carbocycles. The molecule has 0 saturated carbocycles. The van der Waals surface area contributed by atoms with Gasteiger partial charge in [-0.3, -0.25) is 18.9 Å². The number of rotatable bonds is 45. The molecule has 0 aliphatic heterocycles. The zero-order valence-corrected chi connectivity index (χ0v) is 38.2. The van der Waals surface area contributed by atoms with E-state index in [4.69, 9.17) is 18.5 Å². The van der Waals surface area contributed by atoms with E-state index in [9.17, 15) is 23.8 Å². The van der Waals surface area contributed by atoms with Crippen LogP contribution in [0.3, 0.4) is 0 Å². The molecule has 11 heteroatoms. The number of hydrogen-bond acceptors (Lipinski definition) is 9. The van der Waals surface area contributed by atoms with E-state index in [-0.39, 0.29) is 38.5 Å². The summed E-state index contributed by atoms with van der Waals surface area (Å²) in [5, 5.41) is 2.61. The summed E-state index contributed by atoms with van der Waals surface area (Å²) in [7, 11) is -4.75. The van der Waals surface area contributed by atoms with Gasteiger partial charge in [0.2, 0.25) is 5.91 Å². The monoisotopic (exact) mass is 831 g/mol. The molecule has 0 bridgehead atoms. The van der Waals surface area contributed by atoms with Crippen LogP contribution in [0.25, 0.3) is 0 Å². The van der Waals surface area contributed by atoms with Crippen LogP contribution in [0.1, 0.15) is 245 Å². The highest BCUT2D eigenvalue weighted by Crippen LogP contribution is 2.38. The molecule has 338 valence electrons. The molecule has 0 aromatic rings. The van der Waals surface area contributed by atoms with Gasteiger partial charge in [0.15, 0.2) is 6.10 Å². The lowest BCUT2D eigenvalue weighted by Gasteiger charge is -2.25. The van der Waals surface area contributed by atoms with Gasteiger partial charge in [-0.15, -0.1) is 0 Å². The van der Waals surface area contributed by atoms with Gasteiger partial charge < -0.3 is 28.7 Å². The number of phosphoric ester groups is 1. The third-order valence-electron chi connectivity index (χ3n) is 10.5.